The second-order valence-electron chi connectivity index (χ2n) is 2.91. The zero-order chi connectivity index (χ0) is 10.7. The van der Waals surface area contributed by atoms with Gasteiger partial charge in [0, 0.05) is 17.7 Å². The fraction of sp³-hybridized carbons (Fsp3) is 0.100. The number of nitrogens with two attached hydrogens (primary N) is 1. The van der Waals surface area contributed by atoms with Gasteiger partial charge in [-0.05, 0) is 13.0 Å². The second kappa shape index (κ2) is 4.02. The van der Waals surface area contributed by atoms with Crippen LogP contribution in [-0.2, 0) is 0 Å². The molecule has 0 bridgehead atoms. The Bertz CT molecular complexity index is 353. The van der Waals surface area contributed by atoms with Crippen molar-refractivity contribution in [3.8, 4) is 0 Å². The highest BCUT2D eigenvalue weighted by Gasteiger charge is 2.09. The molecule has 0 aromatic heterocycles. The maximum atomic E-state index is 11.1. The van der Waals surface area contributed by atoms with Gasteiger partial charge >= 0.3 is 5.97 Å². The summed E-state index contributed by atoms with van der Waals surface area (Å²) in [6.45, 7) is 1.40. The number of hydrogen-bond acceptors (Lipinski definition) is 2. The maximum absolute atomic E-state index is 11.1. The van der Waals surface area contributed by atoms with E-state index < -0.39 is 5.97 Å². The average molecular weight is 193 g/mol. The molecule has 4 heteroatoms. The lowest BCUT2D eigenvalue weighted by Gasteiger charge is -2.03. The molecule has 3 N–H and O–H groups in total. The van der Waals surface area contributed by atoms with Gasteiger partial charge in [-0.3, -0.25) is 4.79 Å². The van der Waals surface area contributed by atoms with Gasteiger partial charge in [0.15, 0.2) is 5.78 Å². The Morgan fingerprint density at radius 1 is 1.29 bits per heavy atom. The van der Waals surface area contributed by atoms with Crippen LogP contribution in [0.4, 0.5) is 5.69 Å². The van der Waals surface area contributed by atoms with Gasteiger partial charge in [-0.1, -0.05) is 0 Å². The first kappa shape index (κ1) is 10.4. The van der Waals surface area contributed by atoms with E-state index in [0.717, 1.165) is 0 Å². The van der Waals surface area contributed by atoms with Crippen LogP contribution in [0.2, 0.25) is 0 Å². The SMILES string of the molecule is [CH2-][NH2+]c1cc(C(C)=O)cc(C(=O)O)c1. The Labute approximate surface area is 81.6 Å². The molecule has 14 heavy (non-hydrogen) atoms. The lowest BCUT2D eigenvalue weighted by atomic mass is 10.1. The molecule has 0 amide bonds. The van der Waals surface area contributed by atoms with E-state index in [1.807, 2.05) is 0 Å². The largest absolute Gasteiger partial charge is 0.478 e. The van der Waals surface area contributed by atoms with Crippen molar-refractivity contribution in [2.24, 2.45) is 0 Å². The van der Waals surface area contributed by atoms with Crippen LogP contribution in [0.25, 0.3) is 0 Å². The van der Waals surface area contributed by atoms with Crippen molar-refractivity contribution < 1.29 is 20.0 Å². The summed E-state index contributed by atoms with van der Waals surface area (Å²) in [5.41, 5.74) is 1.13. The molecule has 74 valence electrons. The number of Topliss-reactive ketones (excluding diaryl/α,β-unsaturated/α-hetero) is 1. The first-order valence-electron chi connectivity index (χ1n) is 4.06. The van der Waals surface area contributed by atoms with E-state index in [1.165, 1.54) is 24.4 Å². The summed E-state index contributed by atoms with van der Waals surface area (Å²) in [6.07, 6.45) is 0. The van der Waals surface area contributed by atoms with Crippen LogP contribution >= 0.6 is 0 Å². The number of aromatic carboxylic acids is 1. The summed E-state index contributed by atoms with van der Waals surface area (Å²) in [6, 6.07) is 4.45. The molecule has 0 aliphatic rings. The monoisotopic (exact) mass is 193 g/mol. The first-order valence-corrected chi connectivity index (χ1v) is 4.06. The molecule has 0 aliphatic heterocycles. The molecule has 0 radical (unpaired) electrons. The van der Waals surface area contributed by atoms with Crippen LogP contribution in [0.3, 0.4) is 0 Å². The molecule has 1 rings (SSSR count). The Morgan fingerprint density at radius 2 is 1.86 bits per heavy atom. The number of carboxylic acids is 1. The predicted octanol–water partition coefficient (Wildman–Crippen LogP) is 0.574. The molecule has 0 heterocycles. The average Bonchev–Trinajstić information content (AvgIpc) is 2.16. The first-order chi connectivity index (χ1) is 6.54. The zero-order valence-electron chi connectivity index (χ0n) is 7.78. The van der Waals surface area contributed by atoms with Crippen LogP contribution < -0.4 is 5.32 Å². The van der Waals surface area contributed by atoms with Crippen molar-refractivity contribution >= 4 is 17.4 Å². The van der Waals surface area contributed by atoms with Crippen molar-refractivity contribution in [3.63, 3.8) is 0 Å². The topological polar surface area (TPSA) is 71.0 Å². The second-order valence-corrected chi connectivity index (χ2v) is 2.91. The Morgan fingerprint density at radius 3 is 2.29 bits per heavy atom. The van der Waals surface area contributed by atoms with Crippen molar-refractivity contribution in [1.29, 1.82) is 0 Å². The van der Waals surface area contributed by atoms with Gasteiger partial charge in [0.2, 0.25) is 0 Å². The molecule has 0 spiro atoms. The fourth-order valence-electron chi connectivity index (χ4n) is 1.10. The number of carboxylic acid groups (broad SMARTS) is 1. The minimum Gasteiger partial charge on any atom is -0.478 e. The van der Waals surface area contributed by atoms with Crippen LogP contribution in [0.5, 0.6) is 0 Å². The lowest BCUT2D eigenvalue weighted by Crippen LogP contribution is -2.69. The summed E-state index contributed by atoms with van der Waals surface area (Å²) < 4.78 is 0. The Balaban J connectivity index is 3.27. The molecule has 0 fully saturated rings. The van der Waals surface area contributed by atoms with E-state index in [4.69, 9.17) is 5.11 Å². The van der Waals surface area contributed by atoms with E-state index >= 15 is 0 Å². The Kier molecular flexibility index (Phi) is 2.99. The van der Waals surface area contributed by atoms with E-state index in [9.17, 15) is 9.59 Å². The molecular weight excluding hydrogens is 182 g/mol. The number of rotatable bonds is 3. The van der Waals surface area contributed by atoms with E-state index in [0.29, 0.717) is 11.3 Å². The number of carbonyl (C=O) groups excluding carboxylic acids is 1. The molecule has 0 saturated carbocycles. The molecule has 0 atom stereocenters. The zero-order valence-corrected chi connectivity index (χ0v) is 7.78. The highest BCUT2D eigenvalue weighted by molar-refractivity contribution is 5.98. The summed E-state index contributed by atoms with van der Waals surface area (Å²) in [5, 5.41) is 10.3. The van der Waals surface area contributed by atoms with Gasteiger partial charge < -0.3 is 10.4 Å². The molecule has 1 aromatic rings. The van der Waals surface area contributed by atoms with Gasteiger partial charge in [-0.25, -0.2) is 4.79 Å². The van der Waals surface area contributed by atoms with E-state index in [2.05, 4.69) is 7.05 Å². The summed E-state index contributed by atoms with van der Waals surface area (Å²) in [4.78, 5) is 21.8. The highest BCUT2D eigenvalue weighted by Crippen LogP contribution is 2.11. The standard InChI is InChI=1S/C10H11NO3/c1-6(12)7-3-8(10(13)14)5-9(4-7)11-2/h3-5H,2,11H2,1H3,(H,13,14). The van der Waals surface area contributed by atoms with E-state index in [1.54, 1.807) is 6.07 Å². The van der Waals surface area contributed by atoms with Gasteiger partial charge in [-0.2, -0.15) is 0 Å². The lowest BCUT2D eigenvalue weighted by molar-refractivity contribution is -0.504. The van der Waals surface area contributed by atoms with Gasteiger partial charge in [-0.15, -0.1) is 7.05 Å². The number of hydrogen-bond donors (Lipinski definition) is 2. The van der Waals surface area contributed by atoms with Crippen molar-refractivity contribution in [1.82, 2.24) is 0 Å². The molecule has 0 saturated heterocycles. The van der Waals surface area contributed by atoms with Crippen molar-refractivity contribution in [2.75, 3.05) is 0 Å². The fourth-order valence-corrected chi connectivity index (χ4v) is 1.10. The van der Waals surface area contributed by atoms with Gasteiger partial charge in [0.1, 0.15) is 5.69 Å². The number of carbonyl (C=O) groups is 2. The third kappa shape index (κ3) is 2.17. The minimum atomic E-state index is -1.05. The van der Waals surface area contributed by atoms with Gasteiger partial charge in [0.25, 0.3) is 0 Å². The summed E-state index contributed by atoms with van der Waals surface area (Å²) in [5.74, 6) is -1.20. The highest BCUT2D eigenvalue weighted by atomic mass is 16.4. The normalized spacial score (nSPS) is 9.86. The Hall–Kier alpha value is -1.68. The number of ketones is 1. The predicted molar refractivity (Wildman–Crippen MR) is 50.3 cm³/mol. The third-order valence-electron chi connectivity index (χ3n) is 1.84. The van der Waals surface area contributed by atoms with Gasteiger partial charge in [0.05, 0.1) is 5.56 Å². The van der Waals surface area contributed by atoms with Crippen molar-refractivity contribution in [3.05, 3.63) is 36.4 Å². The number of benzene rings is 1. The maximum Gasteiger partial charge on any atom is 0.335 e. The minimum absolute atomic E-state index is 0.104. The third-order valence-corrected chi connectivity index (χ3v) is 1.84. The quantitative estimate of drug-likeness (QED) is 0.419. The van der Waals surface area contributed by atoms with E-state index in [-0.39, 0.29) is 11.3 Å². The van der Waals surface area contributed by atoms with Crippen LogP contribution in [0, 0.1) is 7.05 Å². The summed E-state index contributed by atoms with van der Waals surface area (Å²) >= 11 is 0. The van der Waals surface area contributed by atoms with Crippen LogP contribution in [0.15, 0.2) is 18.2 Å². The van der Waals surface area contributed by atoms with Crippen LogP contribution in [0.1, 0.15) is 27.6 Å². The summed E-state index contributed by atoms with van der Waals surface area (Å²) in [7, 11) is 3.53. The molecular formula is C10H11NO3. The molecule has 0 unspecified atom stereocenters. The number of quaternary nitrogens is 1. The molecule has 4 nitrogen and oxygen atoms in total. The molecule has 1 aromatic carbocycles. The van der Waals surface area contributed by atoms with Crippen molar-refractivity contribution in [2.45, 2.75) is 6.92 Å². The van der Waals surface area contributed by atoms with Crippen LogP contribution in [-0.4, -0.2) is 16.9 Å². The smallest absolute Gasteiger partial charge is 0.335 e. The molecule has 0 aliphatic carbocycles.